The largest absolute Gasteiger partial charge is 0.379 e. The van der Waals surface area contributed by atoms with Crippen LogP contribution < -0.4 is 5.73 Å². The number of nitrogens with zero attached hydrogens (tertiary/aromatic N) is 2. The highest BCUT2D eigenvalue weighted by Crippen LogP contribution is 2.29. The number of benzene rings is 2. The molecule has 1 fully saturated rings. The van der Waals surface area contributed by atoms with Gasteiger partial charge in [0.25, 0.3) is 5.91 Å². The monoisotopic (exact) mass is 388 g/mol. The van der Waals surface area contributed by atoms with Gasteiger partial charge >= 0.3 is 0 Å². The molecule has 2 aromatic heterocycles. The number of aromatic nitrogens is 2. The molecule has 0 saturated carbocycles. The lowest BCUT2D eigenvalue weighted by molar-refractivity contribution is 0.0503. The SMILES string of the molecule is CN1CCOCC1.NC(=O)c1cc(-c2ccccc2)nc2c1[nH]c1ccccc12. The molecule has 3 N–H and O–H groups in total. The Morgan fingerprint density at radius 2 is 1.76 bits per heavy atom. The van der Waals surface area contributed by atoms with Gasteiger partial charge in [-0.15, -0.1) is 0 Å². The van der Waals surface area contributed by atoms with E-state index in [2.05, 4.69) is 16.9 Å². The molecule has 4 aromatic rings. The molecule has 1 saturated heterocycles. The number of carbonyl (C=O) groups excluding carboxylic acids is 1. The van der Waals surface area contributed by atoms with E-state index in [4.69, 9.17) is 15.5 Å². The fraction of sp³-hybridized carbons (Fsp3) is 0.217. The Labute approximate surface area is 169 Å². The maximum absolute atomic E-state index is 11.8. The van der Waals surface area contributed by atoms with Gasteiger partial charge in [-0.2, -0.15) is 0 Å². The molecule has 5 rings (SSSR count). The van der Waals surface area contributed by atoms with Gasteiger partial charge in [-0.25, -0.2) is 4.98 Å². The Kier molecular flexibility index (Phi) is 5.55. The fourth-order valence-corrected chi connectivity index (χ4v) is 3.41. The first-order valence-corrected chi connectivity index (χ1v) is 9.66. The van der Waals surface area contributed by atoms with Crippen LogP contribution in [0, 0.1) is 0 Å². The molecule has 6 heteroatoms. The van der Waals surface area contributed by atoms with E-state index in [1.54, 1.807) is 6.07 Å². The number of rotatable bonds is 2. The van der Waals surface area contributed by atoms with Crippen LogP contribution in [0.4, 0.5) is 0 Å². The van der Waals surface area contributed by atoms with E-state index in [1.807, 2.05) is 54.6 Å². The van der Waals surface area contributed by atoms with E-state index in [1.165, 1.54) is 0 Å². The lowest BCUT2D eigenvalue weighted by Gasteiger charge is -2.21. The van der Waals surface area contributed by atoms with E-state index < -0.39 is 5.91 Å². The van der Waals surface area contributed by atoms with Gasteiger partial charge in [0.2, 0.25) is 0 Å². The molecule has 0 bridgehead atoms. The summed E-state index contributed by atoms with van der Waals surface area (Å²) < 4.78 is 5.10. The number of nitrogens with one attached hydrogen (secondary N) is 1. The summed E-state index contributed by atoms with van der Waals surface area (Å²) in [6.07, 6.45) is 0. The minimum Gasteiger partial charge on any atom is -0.379 e. The van der Waals surface area contributed by atoms with Crippen LogP contribution >= 0.6 is 0 Å². The number of hydrogen-bond acceptors (Lipinski definition) is 4. The van der Waals surface area contributed by atoms with Crippen molar-refractivity contribution in [1.82, 2.24) is 14.9 Å². The zero-order valence-electron chi connectivity index (χ0n) is 16.4. The van der Waals surface area contributed by atoms with Gasteiger partial charge in [0.05, 0.1) is 35.5 Å². The third kappa shape index (κ3) is 4.13. The molecular formula is C23H24N4O2. The number of carbonyl (C=O) groups is 1. The van der Waals surface area contributed by atoms with E-state index >= 15 is 0 Å². The molecule has 0 spiro atoms. The average molecular weight is 388 g/mol. The first-order chi connectivity index (χ1) is 14.1. The molecule has 0 atom stereocenters. The molecule has 0 radical (unpaired) electrons. The second kappa shape index (κ2) is 8.43. The quantitative estimate of drug-likeness (QED) is 0.551. The van der Waals surface area contributed by atoms with Crippen molar-refractivity contribution in [2.75, 3.05) is 33.4 Å². The van der Waals surface area contributed by atoms with Crippen molar-refractivity contribution < 1.29 is 9.53 Å². The van der Waals surface area contributed by atoms with Gasteiger partial charge in [0.15, 0.2) is 0 Å². The number of primary amides is 1. The number of H-pyrrole nitrogens is 1. The molecular weight excluding hydrogens is 364 g/mol. The first-order valence-electron chi connectivity index (χ1n) is 9.66. The zero-order valence-corrected chi connectivity index (χ0v) is 16.4. The third-order valence-electron chi connectivity index (χ3n) is 5.03. The van der Waals surface area contributed by atoms with Crippen molar-refractivity contribution in [2.45, 2.75) is 0 Å². The number of amides is 1. The number of aromatic amines is 1. The zero-order chi connectivity index (χ0) is 20.2. The van der Waals surface area contributed by atoms with Gasteiger partial charge in [-0.1, -0.05) is 48.5 Å². The van der Waals surface area contributed by atoms with Crippen LogP contribution in [-0.2, 0) is 4.74 Å². The van der Waals surface area contributed by atoms with E-state index in [0.717, 1.165) is 54.0 Å². The Hall–Kier alpha value is -3.22. The summed E-state index contributed by atoms with van der Waals surface area (Å²) >= 11 is 0. The maximum Gasteiger partial charge on any atom is 0.250 e. The number of fused-ring (bicyclic) bond motifs is 3. The minimum atomic E-state index is -0.462. The highest BCUT2D eigenvalue weighted by Gasteiger charge is 2.15. The molecule has 29 heavy (non-hydrogen) atoms. The summed E-state index contributed by atoms with van der Waals surface area (Å²) in [5, 5.41) is 0.984. The van der Waals surface area contributed by atoms with Crippen LogP contribution in [0.25, 0.3) is 33.2 Å². The summed E-state index contributed by atoms with van der Waals surface area (Å²) in [5.74, 6) is -0.462. The number of likely N-dealkylation sites (N-methyl/N-ethyl adjacent to an activating group) is 1. The normalized spacial score (nSPS) is 14.5. The molecule has 2 aromatic carbocycles. The van der Waals surface area contributed by atoms with Crippen molar-refractivity contribution in [3.05, 3.63) is 66.2 Å². The summed E-state index contributed by atoms with van der Waals surface area (Å²) in [4.78, 5) is 22.1. The standard InChI is InChI=1S/C18H13N3O.C5H11NO/c19-18(22)13-10-15(11-6-2-1-3-7-11)21-16-12-8-4-5-9-14(12)20-17(13)16;1-6-2-4-7-5-3-6/h1-10,20H,(H2,19,22);2-5H2,1H3. The van der Waals surface area contributed by atoms with Gasteiger partial charge in [-0.05, 0) is 19.2 Å². The number of pyridine rings is 1. The van der Waals surface area contributed by atoms with Crippen LogP contribution in [0.3, 0.4) is 0 Å². The molecule has 1 aliphatic rings. The summed E-state index contributed by atoms with van der Waals surface area (Å²) in [5.41, 5.74) is 10.1. The van der Waals surface area contributed by atoms with Crippen molar-refractivity contribution in [3.63, 3.8) is 0 Å². The number of para-hydroxylation sites is 1. The van der Waals surface area contributed by atoms with Crippen molar-refractivity contribution in [3.8, 4) is 11.3 Å². The van der Waals surface area contributed by atoms with Crippen LogP contribution in [0.1, 0.15) is 10.4 Å². The van der Waals surface area contributed by atoms with Crippen molar-refractivity contribution in [2.24, 2.45) is 5.73 Å². The summed E-state index contributed by atoms with van der Waals surface area (Å²) in [6, 6.07) is 19.4. The van der Waals surface area contributed by atoms with E-state index in [9.17, 15) is 4.79 Å². The Morgan fingerprint density at radius 1 is 1.07 bits per heavy atom. The van der Waals surface area contributed by atoms with Crippen LogP contribution in [0.2, 0.25) is 0 Å². The predicted octanol–water partition coefficient (Wildman–Crippen LogP) is 3.43. The summed E-state index contributed by atoms with van der Waals surface area (Å²) in [7, 11) is 2.11. The molecule has 0 aliphatic carbocycles. The van der Waals surface area contributed by atoms with E-state index in [0.29, 0.717) is 11.1 Å². The Balaban J connectivity index is 0.000000249. The number of nitrogens with two attached hydrogens (primary N) is 1. The van der Waals surface area contributed by atoms with E-state index in [-0.39, 0.29) is 0 Å². The number of morpholine rings is 1. The van der Waals surface area contributed by atoms with Crippen molar-refractivity contribution >= 4 is 27.8 Å². The molecule has 3 heterocycles. The van der Waals surface area contributed by atoms with Crippen LogP contribution in [0.5, 0.6) is 0 Å². The summed E-state index contributed by atoms with van der Waals surface area (Å²) in [6.45, 7) is 4.02. The second-order valence-corrected chi connectivity index (χ2v) is 7.10. The average Bonchev–Trinajstić information content (AvgIpc) is 3.13. The van der Waals surface area contributed by atoms with Gasteiger partial charge in [0.1, 0.15) is 0 Å². The molecule has 6 nitrogen and oxygen atoms in total. The number of hydrogen-bond donors (Lipinski definition) is 2. The lowest BCUT2D eigenvalue weighted by atomic mass is 10.1. The topological polar surface area (TPSA) is 84.2 Å². The van der Waals surface area contributed by atoms with Gasteiger partial charge < -0.3 is 20.4 Å². The maximum atomic E-state index is 11.8. The second-order valence-electron chi connectivity index (χ2n) is 7.10. The first kappa shape index (κ1) is 19.1. The molecule has 148 valence electrons. The lowest BCUT2D eigenvalue weighted by Crippen LogP contribution is -2.32. The highest BCUT2D eigenvalue weighted by molar-refractivity contribution is 6.13. The molecule has 1 aliphatic heterocycles. The molecule has 0 unspecified atom stereocenters. The Bertz CT molecular complexity index is 1130. The molecule has 1 amide bonds. The Morgan fingerprint density at radius 3 is 2.41 bits per heavy atom. The predicted molar refractivity (Wildman–Crippen MR) is 116 cm³/mol. The highest BCUT2D eigenvalue weighted by atomic mass is 16.5. The van der Waals surface area contributed by atoms with Crippen LogP contribution in [-0.4, -0.2) is 54.1 Å². The van der Waals surface area contributed by atoms with Crippen LogP contribution in [0.15, 0.2) is 60.7 Å². The van der Waals surface area contributed by atoms with Gasteiger partial charge in [-0.3, -0.25) is 4.79 Å². The van der Waals surface area contributed by atoms with Crippen molar-refractivity contribution in [1.29, 1.82) is 0 Å². The third-order valence-corrected chi connectivity index (χ3v) is 5.03. The number of ether oxygens (including phenoxy) is 1. The smallest absolute Gasteiger partial charge is 0.250 e. The minimum absolute atomic E-state index is 0.458. The fourth-order valence-electron chi connectivity index (χ4n) is 3.41. The van der Waals surface area contributed by atoms with Gasteiger partial charge in [0, 0.05) is 29.6 Å².